The normalized spacial score (nSPS) is 25.8. The van der Waals surface area contributed by atoms with Gasteiger partial charge in [-0.25, -0.2) is 0 Å². The molecule has 49 heavy (non-hydrogen) atoms. The van der Waals surface area contributed by atoms with Crippen LogP contribution in [0.1, 0.15) is 69.7 Å². The summed E-state index contributed by atoms with van der Waals surface area (Å²) in [7, 11) is 1.69. The number of carbonyl (C=O) groups is 4. The number of nitrogens with zero attached hydrogens (tertiary/aromatic N) is 3. The molecule has 3 fully saturated rings. The molecule has 8 atom stereocenters. The van der Waals surface area contributed by atoms with E-state index in [4.69, 9.17) is 9.47 Å². The minimum Gasteiger partial charge on any atom is -0.455 e. The summed E-state index contributed by atoms with van der Waals surface area (Å²) in [4.78, 5) is 61.6. The Hall–Kier alpha value is -4.28. The second kappa shape index (κ2) is 15.1. The smallest absolute Gasteiger partial charge is 0.313 e. The number of esters is 1. The fourth-order valence-electron chi connectivity index (χ4n) is 7.98. The SMILES string of the molecule is C=CCCC(=O)N(C)[C@@H](C)[C@@H](OC(=O)[C@@H]1[C@@H]2CC[C@]3(O2)[C@H](C(=O)N(CC=C)C(C)C)N([C@H](CO)c2ccccc2)C(=O)[C@@H]13)c1ccccc1. The van der Waals surface area contributed by atoms with Crippen molar-refractivity contribution < 1.29 is 33.8 Å². The molecule has 3 heterocycles. The number of carbonyl (C=O) groups excluding carboxylic acids is 4. The van der Waals surface area contributed by atoms with Gasteiger partial charge in [0.05, 0.1) is 36.6 Å². The van der Waals surface area contributed by atoms with Gasteiger partial charge in [-0.2, -0.15) is 0 Å². The summed E-state index contributed by atoms with van der Waals surface area (Å²) in [5.41, 5.74) is 0.0899. The van der Waals surface area contributed by atoms with Crippen LogP contribution in [0.4, 0.5) is 0 Å². The molecule has 2 aromatic rings. The average molecular weight is 672 g/mol. The first-order valence-electron chi connectivity index (χ1n) is 17.2. The number of amides is 3. The highest BCUT2D eigenvalue weighted by molar-refractivity contribution is 5.98. The molecule has 0 aliphatic carbocycles. The fraction of sp³-hybridized carbons (Fsp3) is 0.487. The molecule has 262 valence electrons. The van der Waals surface area contributed by atoms with E-state index < -0.39 is 66.3 Å². The average Bonchev–Trinajstić information content (AvgIpc) is 3.76. The molecule has 0 unspecified atom stereocenters. The fourth-order valence-corrected chi connectivity index (χ4v) is 7.98. The lowest BCUT2D eigenvalue weighted by Crippen LogP contribution is -2.58. The summed E-state index contributed by atoms with van der Waals surface area (Å²) in [6.45, 7) is 13.0. The highest BCUT2D eigenvalue weighted by atomic mass is 16.6. The molecule has 2 bridgehead atoms. The van der Waals surface area contributed by atoms with Crippen LogP contribution in [-0.4, -0.2) is 93.5 Å². The lowest BCUT2D eigenvalue weighted by molar-refractivity contribution is -0.165. The Kier molecular flexibility index (Phi) is 11.1. The van der Waals surface area contributed by atoms with E-state index in [0.717, 1.165) is 0 Å². The van der Waals surface area contributed by atoms with Gasteiger partial charge in [-0.1, -0.05) is 72.8 Å². The van der Waals surface area contributed by atoms with Crippen LogP contribution in [0, 0.1) is 11.8 Å². The summed E-state index contributed by atoms with van der Waals surface area (Å²) in [6, 6.07) is 15.7. The maximum Gasteiger partial charge on any atom is 0.313 e. The van der Waals surface area contributed by atoms with E-state index in [9.17, 15) is 24.3 Å². The molecule has 10 heteroatoms. The number of likely N-dealkylation sites (tertiary alicyclic amines) is 1. The Morgan fingerprint density at radius 2 is 1.67 bits per heavy atom. The van der Waals surface area contributed by atoms with Crippen molar-refractivity contribution in [1.29, 1.82) is 0 Å². The number of ether oxygens (including phenoxy) is 2. The van der Waals surface area contributed by atoms with Crippen molar-refractivity contribution >= 4 is 23.7 Å². The van der Waals surface area contributed by atoms with Crippen molar-refractivity contribution in [3.63, 3.8) is 0 Å². The quantitative estimate of drug-likeness (QED) is 0.217. The van der Waals surface area contributed by atoms with Gasteiger partial charge in [0.15, 0.2) is 0 Å². The lowest BCUT2D eigenvalue weighted by Gasteiger charge is -2.40. The minimum absolute atomic E-state index is 0.111. The number of benzene rings is 2. The minimum atomic E-state index is -1.29. The van der Waals surface area contributed by atoms with Gasteiger partial charge in [0.25, 0.3) is 0 Å². The molecule has 3 aliphatic rings. The highest BCUT2D eigenvalue weighted by Gasteiger charge is 2.76. The number of rotatable bonds is 15. The maximum absolute atomic E-state index is 14.8. The van der Waals surface area contributed by atoms with Crippen LogP contribution in [-0.2, 0) is 28.7 Å². The third-order valence-electron chi connectivity index (χ3n) is 10.5. The van der Waals surface area contributed by atoms with Crippen LogP contribution >= 0.6 is 0 Å². The van der Waals surface area contributed by atoms with Gasteiger partial charge in [-0.3, -0.25) is 19.2 Å². The molecule has 0 radical (unpaired) electrons. The van der Waals surface area contributed by atoms with Crippen LogP contribution in [0.5, 0.6) is 0 Å². The van der Waals surface area contributed by atoms with Crippen molar-refractivity contribution in [3.05, 3.63) is 97.1 Å². The predicted octanol–water partition coefficient (Wildman–Crippen LogP) is 4.62. The summed E-state index contributed by atoms with van der Waals surface area (Å²) in [6.07, 6.45) is 3.53. The van der Waals surface area contributed by atoms with Crippen LogP contribution < -0.4 is 0 Å². The summed E-state index contributed by atoms with van der Waals surface area (Å²) < 4.78 is 13.0. The van der Waals surface area contributed by atoms with Gasteiger partial charge in [-0.05, 0) is 51.2 Å². The number of aliphatic hydroxyl groups excluding tert-OH is 1. The number of likely N-dealkylation sites (N-methyl/N-ethyl adjacent to an activating group) is 1. The third kappa shape index (κ3) is 6.56. The topological polar surface area (TPSA) is 117 Å². The first kappa shape index (κ1) is 36.0. The molecule has 3 saturated heterocycles. The summed E-state index contributed by atoms with van der Waals surface area (Å²) >= 11 is 0. The Labute approximate surface area is 289 Å². The van der Waals surface area contributed by atoms with E-state index in [1.807, 2.05) is 81.4 Å². The highest BCUT2D eigenvalue weighted by Crippen LogP contribution is 2.60. The van der Waals surface area contributed by atoms with E-state index in [1.54, 1.807) is 29.0 Å². The standard InChI is InChI=1S/C39H49N3O7/c1-7-9-20-31(44)40(6)26(5)34(28-18-14-11-15-19-28)48-38(47)32-30-21-22-39(49-30)33(32)36(45)42(29(24-43)27-16-12-10-13-17-27)35(39)37(46)41(23-8-2)25(3)4/h7-8,10-19,25-26,29-30,32-35,43H,1-2,9,20-24H2,3-6H3/t26-,29+,30-,32+,33+,34+,35-,39+/m0/s1. The van der Waals surface area contributed by atoms with Crippen molar-refractivity contribution in [2.75, 3.05) is 20.2 Å². The lowest BCUT2D eigenvalue weighted by atomic mass is 9.70. The van der Waals surface area contributed by atoms with Gasteiger partial charge in [-0.15, -0.1) is 13.2 Å². The third-order valence-corrected chi connectivity index (χ3v) is 10.5. The molecule has 0 aromatic heterocycles. The molecular formula is C39H49N3O7. The zero-order valence-corrected chi connectivity index (χ0v) is 28.9. The second-order valence-corrected chi connectivity index (χ2v) is 13.6. The maximum atomic E-state index is 14.8. The van der Waals surface area contributed by atoms with E-state index in [1.165, 1.54) is 4.90 Å². The molecule has 0 saturated carbocycles. The van der Waals surface area contributed by atoms with Gasteiger partial charge in [0.1, 0.15) is 17.7 Å². The largest absolute Gasteiger partial charge is 0.455 e. The molecule has 1 spiro atoms. The van der Waals surface area contributed by atoms with Crippen molar-refractivity contribution in [1.82, 2.24) is 14.7 Å². The Morgan fingerprint density at radius 3 is 2.24 bits per heavy atom. The Morgan fingerprint density at radius 1 is 1.04 bits per heavy atom. The number of fused-ring (bicyclic) bond motifs is 1. The molecule has 1 N–H and O–H groups in total. The number of hydrogen-bond donors (Lipinski definition) is 1. The molecule has 2 aromatic carbocycles. The molecular weight excluding hydrogens is 622 g/mol. The summed E-state index contributed by atoms with van der Waals surface area (Å²) in [5, 5.41) is 10.8. The first-order valence-corrected chi connectivity index (χ1v) is 17.2. The van der Waals surface area contributed by atoms with E-state index in [0.29, 0.717) is 30.4 Å². The number of allylic oxidation sites excluding steroid dienone is 1. The molecule has 5 rings (SSSR count). The van der Waals surface area contributed by atoms with E-state index >= 15 is 0 Å². The van der Waals surface area contributed by atoms with Crippen molar-refractivity contribution in [2.45, 2.75) is 88.4 Å². The zero-order valence-electron chi connectivity index (χ0n) is 28.9. The van der Waals surface area contributed by atoms with Crippen LogP contribution in [0.15, 0.2) is 86.0 Å². The number of aliphatic hydroxyl groups is 1. The van der Waals surface area contributed by atoms with E-state index in [2.05, 4.69) is 13.2 Å². The van der Waals surface area contributed by atoms with Crippen LogP contribution in [0.25, 0.3) is 0 Å². The van der Waals surface area contributed by atoms with Crippen molar-refractivity contribution in [3.8, 4) is 0 Å². The van der Waals surface area contributed by atoms with E-state index in [-0.39, 0.29) is 30.8 Å². The predicted molar refractivity (Wildman–Crippen MR) is 185 cm³/mol. The van der Waals surface area contributed by atoms with Gasteiger partial charge in [0.2, 0.25) is 17.7 Å². The van der Waals surface area contributed by atoms with Gasteiger partial charge >= 0.3 is 5.97 Å². The molecule has 10 nitrogen and oxygen atoms in total. The van der Waals surface area contributed by atoms with Crippen LogP contribution in [0.3, 0.4) is 0 Å². The monoisotopic (exact) mass is 671 g/mol. The Bertz CT molecular complexity index is 1530. The van der Waals surface area contributed by atoms with Crippen LogP contribution in [0.2, 0.25) is 0 Å². The Balaban J connectivity index is 1.54. The van der Waals surface area contributed by atoms with Crippen molar-refractivity contribution in [2.24, 2.45) is 11.8 Å². The molecule has 3 amide bonds. The zero-order chi connectivity index (χ0) is 35.5. The first-order chi connectivity index (χ1) is 23.5. The second-order valence-electron chi connectivity index (χ2n) is 13.6. The van der Waals surface area contributed by atoms with Gasteiger partial charge < -0.3 is 29.3 Å². The summed E-state index contributed by atoms with van der Waals surface area (Å²) in [5.74, 6) is -3.44. The molecule has 3 aliphatic heterocycles. The number of hydrogen-bond acceptors (Lipinski definition) is 7. The van der Waals surface area contributed by atoms with Gasteiger partial charge in [0, 0.05) is 26.1 Å².